The largest absolute Gasteiger partial charge is 0.383 e. The highest BCUT2D eigenvalue weighted by molar-refractivity contribution is 5.93. The summed E-state index contributed by atoms with van der Waals surface area (Å²) in [4.78, 5) is 39.4. The number of nitrogens with one attached hydrogen (secondary N) is 1. The molecule has 7 nitrogen and oxygen atoms in total. The van der Waals surface area contributed by atoms with Gasteiger partial charge in [0.15, 0.2) is 0 Å². The molecule has 1 rings (SSSR count). The predicted molar refractivity (Wildman–Crippen MR) is 86.7 cm³/mol. The van der Waals surface area contributed by atoms with E-state index in [2.05, 4.69) is 11.9 Å². The van der Waals surface area contributed by atoms with Crippen molar-refractivity contribution < 1.29 is 19.1 Å². The first-order chi connectivity index (χ1) is 10.8. The molecule has 1 heterocycles. The monoisotopic (exact) mass is 325 g/mol. The van der Waals surface area contributed by atoms with Gasteiger partial charge in [0.05, 0.1) is 13.2 Å². The maximum atomic E-state index is 12.6. The smallest absolute Gasteiger partial charge is 0.248 e. The van der Waals surface area contributed by atoms with E-state index < -0.39 is 5.54 Å². The summed E-state index contributed by atoms with van der Waals surface area (Å²) < 4.78 is 5.01. The van der Waals surface area contributed by atoms with Crippen LogP contribution in [-0.4, -0.2) is 73.0 Å². The van der Waals surface area contributed by atoms with E-state index in [1.54, 1.807) is 25.0 Å². The first-order valence-corrected chi connectivity index (χ1v) is 7.80. The Morgan fingerprint density at radius 3 is 2.78 bits per heavy atom. The zero-order valence-corrected chi connectivity index (χ0v) is 14.3. The van der Waals surface area contributed by atoms with Crippen molar-refractivity contribution in [2.75, 3.05) is 39.9 Å². The van der Waals surface area contributed by atoms with Gasteiger partial charge in [-0.1, -0.05) is 6.08 Å². The third kappa shape index (κ3) is 5.35. The fraction of sp³-hybridized carbons (Fsp3) is 0.688. The molecule has 1 aliphatic rings. The van der Waals surface area contributed by atoms with E-state index in [9.17, 15) is 14.4 Å². The van der Waals surface area contributed by atoms with Crippen LogP contribution < -0.4 is 5.32 Å². The number of carbonyl (C=O) groups excluding carboxylic acids is 3. The number of hydrogen-bond acceptors (Lipinski definition) is 4. The molecular weight excluding hydrogens is 298 g/mol. The number of rotatable bonds is 8. The van der Waals surface area contributed by atoms with Gasteiger partial charge in [0.25, 0.3) is 0 Å². The van der Waals surface area contributed by atoms with Crippen molar-refractivity contribution >= 4 is 17.7 Å². The number of hydrogen-bond donors (Lipinski definition) is 1. The van der Waals surface area contributed by atoms with Crippen LogP contribution in [0.2, 0.25) is 0 Å². The summed E-state index contributed by atoms with van der Waals surface area (Å²) in [6.45, 7) is 8.57. The lowest BCUT2D eigenvalue weighted by Gasteiger charge is -2.40. The molecule has 130 valence electrons. The Morgan fingerprint density at radius 1 is 1.52 bits per heavy atom. The van der Waals surface area contributed by atoms with E-state index >= 15 is 0 Å². The normalized spacial score (nSPS) is 21.0. The molecule has 0 spiro atoms. The van der Waals surface area contributed by atoms with Gasteiger partial charge >= 0.3 is 0 Å². The molecular formula is C16H27N3O4. The highest BCUT2D eigenvalue weighted by Gasteiger charge is 2.40. The maximum Gasteiger partial charge on any atom is 0.248 e. The van der Waals surface area contributed by atoms with E-state index in [0.717, 1.165) is 6.42 Å². The summed E-state index contributed by atoms with van der Waals surface area (Å²) in [7, 11) is 1.59. The predicted octanol–water partition coefficient (Wildman–Crippen LogP) is 0.165. The molecule has 1 unspecified atom stereocenters. The van der Waals surface area contributed by atoms with Crippen molar-refractivity contribution in [2.24, 2.45) is 0 Å². The van der Waals surface area contributed by atoms with Crippen LogP contribution in [0.1, 0.15) is 26.7 Å². The van der Waals surface area contributed by atoms with E-state index in [1.165, 1.54) is 11.8 Å². The molecule has 1 fully saturated rings. The van der Waals surface area contributed by atoms with E-state index in [4.69, 9.17) is 4.74 Å². The van der Waals surface area contributed by atoms with Crippen LogP contribution >= 0.6 is 0 Å². The van der Waals surface area contributed by atoms with Gasteiger partial charge in [0, 0.05) is 33.7 Å². The zero-order chi connectivity index (χ0) is 17.5. The molecule has 1 N–H and O–H groups in total. The number of ether oxygens (including phenoxy) is 1. The Morgan fingerprint density at radius 2 is 2.22 bits per heavy atom. The van der Waals surface area contributed by atoms with Crippen molar-refractivity contribution in [1.82, 2.24) is 15.1 Å². The van der Waals surface area contributed by atoms with E-state index in [-0.39, 0.29) is 24.3 Å². The summed E-state index contributed by atoms with van der Waals surface area (Å²) in [5.74, 6) is -0.652. The number of methoxy groups -OCH3 is 1. The van der Waals surface area contributed by atoms with Crippen molar-refractivity contribution in [1.29, 1.82) is 0 Å². The van der Waals surface area contributed by atoms with Crippen molar-refractivity contribution in [3.8, 4) is 0 Å². The number of likely N-dealkylation sites (tertiary alicyclic amines) is 1. The fourth-order valence-electron chi connectivity index (χ4n) is 2.69. The second-order valence-corrected chi connectivity index (χ2v) is 5.96. The van der Waals surface area contributed by atoms with Crippen LogP contribution in [0.5, 0.6) is 0 Å². The summed E-state index contributed by atoms with van der Waals surface area (Å²) in [6.07, 6.45) is 2.96. The second kappa shape index (κ2) is 8.67. The first kappa shape index (κ1) is 19.2. The van der Waals surface area contributed by atoms with Gasteiger partial charge in [-0.2, -0.15) is 0 Å². The van der Waals surface area contributed by atoms with Gasteiger partial charge in [-0.3, -0.25) is 14.4 Å². The molecule has 0 aromatic rings. The summed E-state index contributed by atoms with van der Waals surface area (Å²) in [5, 5.41) is 2.80. The van der Waals surface area contributed by atoms with E-state index in [1.807, 2.05) is 0 Å². The number of piperidine rings is 1. The van der Waals surface area contributed by atoms with Crippen LogP contribution in [0.3, 0.4) is 0 Å². The molecule has 0 aromatic carbocycles. The standard InChI is InChI=1S/C16H27N3O4/c1-5-8-19(13(2)20)12-14(21)17-16(3)7-6-9-18(15(16)22)10-11-23-4/h5H,1,6-12H2,2-4H3,(H,17,21). The fourth-order valence-corrected chi connectivity index (χ4v) is 2.69. The van der Waals surface area contributed by atoms with Crippen molar-refractivity contribution in [3.05, 3.63) is 12.7 Å². The average molecular weight is 325 g/mol. The minimum atomic E-state index is -0.931. The van der Waals surface area contributed by atoms with Gasteiger partial charge in [0.2, 0.25) is 17.7 Å². The third-order valence-electron chi connectivity index (χ3n) is 3.97. The Hall–Kier alpha value is -1.89. The van der Waals surface area contributed by atoms with E-state index in [0.29, 0.717) is 32.7 Å². The van der Waals surface area contributed by atoms with Crippen molar-refractivity contribution in [3.63, 3.8) is 0 Å². The average Bonchev–Trinajstić information content (AvgIpc) is 2.48. The van der Waals surface area contributed by atoms with Crippen LogP contribution in [0.25, 0.3) is 0 Å². The Bertz CT molecular complexity index is 466. The van der Waals surface area contributed by atoms with Crippen LogP contribution in [-0.2, 0) is 19.1 Å². The maximum absolute atomic E-state index is 12.6. The van der Waals surface area contributed by atoms with Gasteiger partial charge in [-0.05, 0) is 19.8 Å². The van der Waals surface area contributed by atoms with Crippen LogP contribution in [0.15, 0.2) is 12.7 Å². The number of nitrogens with zero attached hydrogens (tertiary/aromatic N) is 2. The molecule has 1 atom stereocenters. The molecule has 7 heteroatoms. The van der Waals surface area contributed by atoms with Gasteiger partial charge < -0.3 is 19.9 Å². The quantitative estimate of drug-likeness (QED) is 0.645. The third-order valence-corrected chi connectivity index (χ3v) is 3.97. The second-order valence-electron chi connectivity index (χ2n) is 5.96. The van der Waals surface area contributed by atoms with Crippen molar-refractivity contribution in [2.45, 2.75) is 32.2 Å². The Kier molecular flexibility index (Phi) is 7.22. The number of amides is 3. The molecule has 23 heavy (non-hydrogen) atoms. The molecule has 0 bridgehead atoms. The Labute approximate surface area is 137 Å². The first-order valence-electron chi connectivity index (χ1n) is 7.80. The van der Waals surface area contributed by atoms with Gasteiger partial charge in [-0.25, -0.2) is 0 Å². The van der Waals surface area contributed by atoms with Gasteiger partial charge in [-0.15, -0.1) is 6.58 Å². The summed E-state index contributed by atoms with van der Waals surface area (Å²) in [5.41, 5.74) is -0.931. The summed E-state index contributed by atoms with van der Waals surface area (Å²) >= 11 is 0. The molecule has 0 aliphatic carbocycles. The molecule has 1 saturated heterocycles. The SMILES string of the molecule is C=CCN(CC(=O)NC1(C)CCCN(CCOC)C1=O)C(C)=O. The lowest BCUT2D eigenvalue weighted by atomic mass is 9.90. The Balaban J connectivity index is 2.68. The lowest BCUT2D eigenvalue weighted by molar-refractivity contribution is -0.145. The highest BCUT2D eigenvalue weighted by Crippen LogP contribution is 2.22. The zero-order valence-electron chi connectivity index (χ0n) is 14.3. The van der Waals surface area contributed by atoms with Crippen LogP contribution in [0.4, 0.5) is 0 Å². The number of carbonyl (C=O) groups is 3. The minimum Gasteiger partial charge on any atom is -0.383 e. The lowest BCUT2D eigenvalue weighted by Crippen LogP contribution is -2.62. The molecule has 0 saturated carbocycles. The molecule has 0 aromatic heterocycles. The topological polar surface area (TPSA) is 79.0 Å². The minimum absolute atomic E-state index is 0.0811. The van der Waals surface area contributed by atoms with Crippen LogP contribution in [0, 0.1) is 0 Å². The molecule has 3 amide bonds. The summed E-state index contributed by atoms with van der Waals surface area (Å²) in [6, 6.07) is 0. The molecule has 1 aliphatic heterocycles. The molecule has 0 radical (unpaired) electrons. The highest BCUT2D eigenvalue weighted by atomic mass is 16.5. The van der Waals surface area contributed by atoms with Gasteiger partial charge in [0.1, 0.15) is 5.54 Å².